The number of rotatable bonds is 3. The quantitative estimate of drug-likeness (QED) is 0.855. The fourth-order valence-electron chi connectivity index (χ4n) is 1.89. The van der Waals surface area contributed by atoms with Gasteiger partial charge in [-0.3, -0.25) is 0 Å². The molecule has 3 nitrogen and oxygen atoms in total. The van der Waals surface area contributed by atoms with Crippen LogP contribution in [0.2, 0.25) is 10.0 Å². The van der Waals surface area contributed by atoms with Crippen molar-refractivity contribution < 1.29 is 8.42 Å². The maximum Gasteiger partial charge on any atom is 0.239 e. The Morgan fingerprint density at radius 1 is 1.10 bits per heavy atom. The Morgan fingerprint density at radius 3 is 2.25 bits per heavy atom. The molecule has 0 saturated heterocycles. The second kappa shape index (κ2) is 6.03. The van der Waals surface area contributed by atoms with E-state index in [1.165, 1.54) is 6.07 Å². The lowest BCUT2D eigenvalue weighted by Gasteiger charge is -2.11. The van der Waals surface area contributed by atoms with Gasteiger partial charge in [0.2, 0.25) is 10.0 Å². The van der Waals surface area contributed by atoms with Crippen LogP contribution in [0.5, 0.6) is 0 Å². The summed E-state index contributed by atoms with van der Waals surface area (Å²) in [5.74, 6) is 0. The van der Waals surface area contributed by atoms with Crippen molar-refractivity contribution >= 4 is 49.2 Å². The molecule has 0 spiro atoms. The van der Waals surface area contributed by atoms with Crippen molar-refractivity contribution in [1.82, 2.24) is 0 Å². The van der Waals surface area contributed by atoms with Crippen molar-refractivity contribution in [3.8, 4) is 0 Å². The summed E-state index contributed by atoms with van der Waals surface area (Å²) in [5.41, 5.74) is 1.41. The third kappa shape index (κ3) is 3.74. The van der Waals surface area contributed by atoms with Gasteiger partial charge in [0.05, 0.1) is 5.02 Å². The molecule has 7 heteroatoms. The third-order valence-corrected chi connectivity index (χ3v) is 4.89. The molecule has 0 aliphatic carbocycles. The molecule has 106 valence electrons. The molecule has 0 saturated carbocycles. The van der Waals surface area contributed by atoms with E-state index >= 15 is 0 Å². The summed E-state index contributed by atoms with van der Waals surface area (Å²) in [6.07, 6.45) is 0.374. The zero-order valence-corrected chi connectivity index (χ0v) is 14.0. The Bertz CT molecular complexity index is 746. The van der Waals surface area contributed by atoms with Crippen LogP contribution in [0.4, 0.5) is 0 Å². The van der Waals surface area contributed by atoms with Gasteiger partial charge in [0, 0.05) is 9.50 Å². The third-order valence-electron chi connectivity index (χ3n) is 2.68. The van der Waals surface area contributed by atoms with Crippen molar-refractivity contribution in [3.63, 3.8) is 0 Å². The molecular weight excluding hydrogens is 385 g/mol. The second-order valence-corrected chi connectivity index (χ2v) is 7.48. The van der Waals surface area contributed by atoms with Crippen LogP contribution in [0.25, 0.3) is 0 Å². The van der Waals surface area contributed by atoms with E-state index in [9.17, 15) is 8.42 Å². The summed E-state index contributed by atoms with van der Waals surface area (Å²) in [5, 5.41) is 5.63. The Balaban J connectivity index is 2.53. The van der Waals surface area contributed by atoms with Gasteiger partial charge in [-0.1, -0.05) is 51.3 Å². The van der Waals surface area contributed by atoms with Crippen LogP contribution >= 0.6 is 39.1 Å². The van der Waals surface area contributed by atoms with E-state index in [4.69, 9.17) is 28.3 Å². The molecule has 20 heavy (non-hydrogen) atoms. The van der Waals surface area contributed by atoms with Crippen LogP contribution < -0.4 is 5.14 Å². The van der Waals surface area contributed by atoms with Crippen molar-refractivity contribution in [2.75, 3.05) is 0 Å². The summed E-state index contributed by atoms with van der Waals surface area (Å²) in [6.45, 7) is 0. The lowest BCUT2D eigenvalue weighted by Crippen LogP contribution is -2.15. The van der Waals surface area contributed by atoms with Gasteiger partial charge in [0.25, 0.3) is 0 Å². The molecule has 2 aromatic rings. The van der Waals surface area contributed by atoms with Crippen LogP contribution in [0.15, 0.2) is 45.8 Å². The molecule has 2 aromatic carbocycles. The maximum atomic E-state index is 11.7. The first kappa shape index (κ1) is 15.8. The van der Waals surface area contributed by atoms with E-state index in [1.54, 1.807) is 6.07 Å². The number of hydrogen-bond donors (Lipinski definition) is 1. The number of hydrogen-bond acceptors (Lipinski definition) is 2. The van der Waals surface area contributed by atoms with E-state index in [1.807, 2.05) is 24.3 Å². The summed E-state index contributed by atoms with van der Waals surface area (Å²) >= 11 is 15.2. The fraction of sp³-hybridized carbons (Fsp3) is 0.0769. The molecule has 2 rings (SSSR count). The molecule has 0 aliphatic rings. The second-order valence-electron chi connectivity index (χ2n) is 4.22. The molecule has 2 N–H and O–H groups in total. The first-order chi connectivity index (χ1) is 9.27. The van der Waals surface area contributed by atoms with E-state index in [2.05, 4.69) is 15.9 Å². The minimum atomic E-state index is -3.91. The van der Waals surface area contributed by atoms with Gasteiger partial charge in [-0.05, 0) is 41.8 Å². The van der Waals surface area contributed by atoms with Gasteiger partial charge >= 0.3 is 0 Å². The van der Waals surface area contributed by atoms with Crippen molar-refractivity contribution in [2.45, 2.75) is 11.3 Å². The van der Waals surface area contributed by atoms with E-state index < -0.39 is 10.0 Å². The highest BCUT2D eigenvalue weighted by Crippen LogP contribution is 2.30. The topological polar surface area (TPSA) is 60.2 Å². The van der Waals surface area contributed by atoms with Crippen LogP contribution in [0.3, 0.4) is 0 Å². The first-order valence-electron chi connectivity index (χ1n) is 5.52. The highest BCUT2D eigenvalue weighted by atomic mass is 79.9. The van der Waals surface area contributed by atoms with Gasteiger partial charge in [-0.15, -0.1) is 0 Å². The molecule has 0 fully saturated rings. The number of primary sulfonamides is 1. The smallest absolute Gasteiger partial charge is 0.225 e. The van der Waals surface area contributed by atoms with E-state index in [0.29, 0.717) is 17.0 Å². The van der Waals surface area contributed by atoms with Gasteiger partial charge < -0.3 is 0 Å². The first-order valence-corrected chi connectivity index (χ1v) is 8.62. The molecule has 0 unspecified atom stereocenters. The Labute approximate surface area is 135 Å². The van der Waals surface area contributed by atoms with Crippen LogP contribution in [0, 0.1) is 0 Å². The number of nitrogens with two attached hydrogens (primary N) is 1. The molecule has 0 atom stereocenters. The Kier molecular flexibility index (Phi) is 4.76. The summed E-state index contributed by atoms with van der Waals surface area (Å²) < 4.78 is 24.3. The molecular formula is C13H10BrCl2NO2S. The monoisotopic (exact) mass is 393 g/mol. The lowest BCUT2D eigenvalue weighted by atomic mass is 10.1. The predicted molar refractivity (Wildman–Crippen MR) is 84.8 cm³/mol. The van der Waals surface area contributed by atoms with Crippen molar-refractivity contribution in [1.29, 1.82) is 0 Å². The van der Waals surface area contributed by atoms with Crippen molar-refractivity contribution in [2.24, 2.45) is 5.14 Å². The zero-order chi connectivity index (χ0) is 14.9. The summed E-state index contributed by atoms with van der Waals surface area (Å²) in [7, 11) is -3.91. The number of halogens is 3. The van der Waals surface area contributed by atoms with Gasteiger partial charge in [-0.2, -0.15) is 0 Å². The number of sulfonamides is 1. The van der Waals surface area contributed by atoms with E-state index in [0.717, 1.165) is 10.0 Å². The molecule has 0 aliphatic heterocycles. The minimum absolute atomic E-state index is 0.0344. The molecule has 0 aromatic heterocycles. The van der Waals surface area contributed by atoms with Crippen LogP contribution in [-0.2, 0) is 16.4 Å². The standard InChI is InChI=1S/C13H10BrCl2NO2S/c14-10-3-1-8(2-4-10)5-9-6-11(15)7-12(16)13(9)20(17,18)19/h1-4,6-7H,5H2,(H2,17,18,19). The molecule has 0 heterocycles. The highest BCUT2D eigenvalue weighted by Gasteiger charge is 2.19. The largest absolute Gasteiger partial charge is 0.239 e. The Morgan fingerprint density at radius 2 is 1.70 bits per heavy atom. The van der Waals surface area contributed by atoms with Gasteiger partial charge in [-0.25, -0.2) is 13.6 Å². The normalized spacial score (nSPS) is 11.6. The minimum Gasteiger partial charge on any atom is -0.225 e. The van der Waals surface area contributed by atoms with Gasteiger partial charge in [0.15, 0.2) is 0 Å². The summed E-state index contributed by atoms with van der Waals surface area (Å²) in [4.78, 5) is -0.0773. The highest BCUT2D eigenvalue weighted by molar-refractivity contribution is 9.10. The lowest BCUT2D eigenvalue weighted by molar-refractivity contribution is 0.597. The Hall–Kier alpha value is -0.590. The average Bonchev–Trinajstić information content (AvgIpc) is 2.29. The maximum absolute atomic E-state index is 11.7. The number of benzene rings is 2. The van der Waals surface area contributed by atoms with E-state index in [-0.39, 0.29) is 9.92 Å². The average molecular weight is 395 g/mol. The molecule has 0 radical (unpaired) electrons. The van der Waals surface area contributed by atoms with Crippen molar-refractivity contribution in [3.05, 3.63) is 62.0 Å². The SMILES string of the molecule is NS(=O)(=O)c1c(Cl)cc(Cl)cc1Cc1ccc(Br)cc1. The predicted octanol–water partition coefficient (Wildman–Crippen LogP) is 3.99. The zero-order valence-electron chi connectivity index (χ0n) is 10.1. The van der Waals surface area contributed by atoms with Crippen LogP contribution in [-0.4, -0.2) is 8.42 Å². The summed E-state index contributed by atoms with van der Waals surface area (Å²) in [6, 6.07) is 10.4. The molecule has 0 amide bonds. The van der Waals surface area contributed by atoms with Crippen LogP contribution in [0.1, 0.15) is 11.1 Å². The molecule has 0 bridgehead atoms. The fourth-order valence-corrected chi connectivity index (χ4v) is 3.84. The van der Waals surface area contributed by atoms with Gasteiger partial charge in [0.1, 0.15) is 4.90 Å².